The van der Waals surface area contributed by atoms with Gasteiger partial charge in [-0.05, 0) is 58.7 Å². The zero-order valence-corrected chi connectivity index (χ0v) is 18.7. The molecule has 2 heterocycles. The van der Waals surface area contributed by atoms with E-state index >= 15 is 0 Å². The van der Waals surface area contributed by atoms with E-state index in [9.17, 15) is 13.2 Å². The largest absolute Gasteiger partial charge is 0.444 e. The maximum Gasteiger partial charge on any atom is 0.413 e. The first kappa shape index (κ1) is 22.2. The van der Waals surface area contributed by atoms with Gasteiger partial charge >= 0.3 is 6.09 Å². The first-order valence-electron chi connectivity index (χ1n) is 10.1. The van der Waals surface area contributed by atoms with Crippen LogP contribution in [0.5, 0.6) is 0 Å². The van der Waals surface area contributed by atoms with Crippen LogP contribution in [-0.2, 0) is 14.8 Å². The van der Waals surface area contributed by atoms with Crippen LogP contribution in [0.25, 0.3) is 0 Å². The predicted molar refractivity (Wildman–Crippen MR) is 116 cm³/mol. The molecule has 1 aliphatic heterocycles. The van der Waals surface area contributed by atoms with E-state index in [2.05, 4.69) is 10.3 Å². The number of pyridine rings is 1. The number of sulfonamides is 1. The van der Waals surface area contributed by atoms with Crippen LogP contribution < -0.4 is 5.32 Å². The Labute approximate surface area is 178 Å². The van der Waals surface area contributed by atoms with E-state index in [-0.39, 0.29) is 4.90 Å². The van der Waals surface area contributed by atoms with E-state index in [4.69, 9.17) is 4.74 Å². The number of nitrogens with zero attached hydrogens (tertiary/aromatic N) is 2. The Morgan fingerprint density at radius 1 is 1.17 bits per heavy atom. The van der Waals surface area contributed by atoms with Crippen LogP contribution >= 0.6 is 0 Å². The van der Waals surface area contributed by atoms with Crippen LogP contribution in [0, 0.1) is 6.92 Å². The lowest BCUT2D eigenvalue weighted by Crippen LogP contribution is -2.39. The lowest BCUT2D eigenvalue weighted by atomic mass is 9.98. The fraction of sp³-hybridized carbons (Fsp3) is 0.455. The molecule has 162 valence electrons. The average molecular weight is 432 g/mol. The van der Waals surface area contributed by atoms with Gasteiger partial charge < -0.3 is 4.74 Å². The van der Waals surface area contributed by atoms with Gasteiger partial charge in [0.1, 0.15) is 11.4 Å². The standard InChI is InChI=1S/C22H29N3O4S/c1-16-10-12-17(13-11-16)30(27,28)25-15-6-5-9-19(25)18-8-7-14-23-20(18)24-21(26)29-22(2,3)4/h7-8,10-14,19H,5-6,9,15H2,1-4H3,(H,23,24,26). The van der Waals surface area contributed by atoms with Gasteiger partial charge in [-0.3, -0.25) is 5.32 Å². The number of ether oxygens (including phenoxy) is 1. The van der Waals surface area contributed by atoms with Gasteiger partial charge in [0.15, 0.2) is 0 Å². The zero-order valence-electron chi connectivity index (χ0n) is 17.9. The van der Waals surface area contributed by atoms with Crippen LogP contribution in [0.4, 0.5) is 10.6 Å². The van der Waals surface area contributed by atoms with Crippen molar-refractivity contribution in [1.29, 1.82) is 0 Å². The van der Waals surface area contributed by atoms with Crippen molar-refractivity contribution in [1.82, 2.24) is 9.29 Å². The molecule has 0 aliphatic carbocycles. The SMILES string of the molecule is Cc1ccc(S(=O)(=O)N2CCCCC2c2cccnc2NC(=O)OC(C)(C)C)cc1. The maximum atomic E-state index is 13.4. The molecule has 30 heavy (non-hydrogen) atoms. The molecule has 7 nitrogen and oxygen atoms in total. The summed E-state index contributed by atoms with van der Waals surface area (Å²) in [6.45, 7) is 7.68. The highest BCUT2D eigenvalue weighted by molar-refractivity contribution is 7.89. The first-order valence-corrected chi connectivity index (χ1v) is 11.6. The van der Waals surface area contributed by atoms with E-state index in [0.29, 0.717) is 24.3 Å². The van der Waals surface area contributed by atoms with Crippen molar-refractivity contribution in [3.05, 3.63) is 53.7 Å². The molecule has 1 aromatic heterocycles. The number of piperidine rings is 1. The molecule has 1 N–H and O–H groups in total. The second kappa shape index (κ2) is 8.73. The molecule has 0 bridgehead atoms. The van der Waals surface area contributed by atoms with Gasteiger partial charge in [-0.15, -0.1) is 0 Å². The van der Waals surface area contributed by atoms with E-state index in [1.807, 2.05) is 13.0 Å². The quantitative estimate of drug-likeness (QED) is 0.761. The number of anilines is 1. The number of aromatic nitrogens is 1. The molecule has 1 atom stereocenters. The number of hydrogen-bond acceptors (Lipinski definition) is 5. The Bertz CT molecular complexity index is 998. The Morgan fingerprint density at radius 2 is 1.87 bits per heavy atom. The lowest BCUT2D eigenvalue weighted by Gasteiger charge is -2.35. The zero-order chi connectivity index (χ0) is 21.9. The number of carbonyl (C=O) groups excluding carboxylic acids is 1. The van der Waals surface area contributed by atoms with Gasteiger partial charge in [0.2, 0.25) is 10.0 Å². The molecule has 1 aromatic carbocycles. The molecule has 1 saturated heterocycles. The Morgan fingerprint density at radius 3 is 2.53 bits per heavy atom. The Kier molecular flexibility index (Phi) is 6.47. The summed E-state index contributed by atoms with van der Waals surface area (Å²) in [4.78, 5) is 16.9. The van der Waals surface area contributed by atoms with Crippen LogP contribution in [-0.4, -0.2) is 35.9 Å². The van der Waals surface area contributed by atoms with Gasteiger partial charge in [-0.25, -0.2) is 18.2 Å². The maximum absolute atomic E-state index is 13.4. The van der Waals surface area contributed by atoms with Crippen molar-refractivity contribution >= 4 is 21.9 Å². The van der Waals surface area contributed by atoms with Gasteiger partial charge in [0.25, 0.3) is 0 Å². The minimum absolute atomic E-state index is 0.269. The van der Waals surface area contributed by atoms with E-state index in [1.165, 1.54) is 4.31 Å². The molecule has 1 unspecified atom stereocenters. The molecule has 1 fully saturated rings. The molecule has 2 aromatic rings. The topological polar surface area (TPSA) is 88.6 Å². The lowest BCUT2D eigenvalue weighted by molar-refractivity contribution is 0.0635. The van der Waals surface area contributed by atoms with Crippen molar-refractivity contribution in [2.75, 3.05) is 11.9 Å². The van der Waals surface area contributed by atoms with Crippen LogP contribution in [0.15, 0.2) is 47.5 Å². The summed E-state index contributed by atoms with van der Waals surface area (Å²) in [6.07, 6.45) is 3.28. The fourth-order valence-corrected chi connectivity index (χ4v) is 5.21. The van der Waals surface area contributed by atoms with E-state index < -0.39 is 27.8 Å². The highest BCUT2D eigenvalue weighted by atomic mass is 32.2. The smallest absolute Gasteiger partial charge is 0.413 e. The van der Waals surface area contributed by atoms with E-state index in [0.717, 1.165) is 18.4 Å². The molecular weight excluding hydrogens is 402 g/mol. The normalized spacial score (nSPS) is 18.1. The van der Waals surface area contributed by atoms with Gasteiger partial charge in [0.05, 0.1) is 10.9 Å². The molecule has 8 heteroatoms. The first-order chi connectivity index (χ1) is 14.1. The second-order valence-electron chi connectivity index (χ2n) is 8.51. The summed E-state index contributed by atoms with van der Waals surface area (Å²) in [5.41, 5.74) is 1.02. The number of rotatable bonds is 4. The average Bonchev–Trinajstić information content (AvgIpc) is 2.67. The summed E-state index contributed by atoms with van der Waals surface area (Å²) < 4.78 is 33.7. The number of carbonyl (C=O) groups is 1. The predicted octanol–water partition coefficient (Wildman–Crippen LogP) is 4.65. The molecular formula is C22H29N3O4S. The van der Waals surface area contributed by atoms with Crippen molar-refractivity contribution < 1.29 is 17.9 Å². The van der Waals surface area contributed by atoms with Crippen molar-refractivity contribution in [2.24, 2.45) is 0 Å². The number of amides is 1. The third-order valence-electron chi connectivity index (χ3n) is 4.90. The van der Waals surface area contributed by atoms with Gasteiger partial charge in [-0.1, -0.05) is 30.2 Å². The summed E-state index contributed by atoms with van der Waals surface area (Å²) >= 11 is 0. The Balaban J connectivity index is 1.93. The molecule has 3 rings (SSSR count). The van der Waals surface area contributed by atoms with E-state index in [1.54, 1.807) is 57.3 Å². The van der Waals surface area contributed by atoms with Gasteiger partial charge in [-0.2, -0.15) is 4.31 Å². The van der Waals surface area contributed by atoms with Crippen LogP contribution in [0.2, 0.25) is 0 Å². The van der Waals surface area contributed by atoms with Crippen molar-refractivity contribution in [2.45, 2.75) is 63.5 Å². The summed E-state index contributed by atoms with van der Waals surface area (Å²) in [5.74, 6) is 0.322. The minimum atomic E-state index is -3.69. The fourth-order valence-electron chi connectivity index (χ4n) is 3.54. The minimum Gasteiger partial charge on any atom is -0.444 e. The monoisotopic (exact) mass is 431 g/mol. The van der Waals surface area contributed by atoms with Crippen molar-refractivity contribution in [3.8, 4) is 0 Å². The number of aryl methyl sites for hydroxylation is 1. The summed E-state index contributed by atoms with van der Waals surface area (Å²) in [7, 11) is -3.69. The number of nitrogens with one attached hydrogen (secondary N) is 1. The second-order valence-corrected chi connectivity index (χ2v) is 10.4. The highest BCUT2D eigenvalue weighted by Crippen LogP contribution is 2.38. The van der Waals surface area contributed by atoms with Crippen LogP contribution in [0.3, 0.4) is 0 Å². The molecule has 0 saturated carbocycles. The number of benzene rings is 1. The van der Waals surface area contributed by atoms with Gasteiger partial charge in [0, 0.05) is 18.3 Å². The van der Waals surface area contributed by atoms with Crippen LogP contribution in [0.1, 0.15) is 57.2 Å². The van der Waals surface area contributed by atoms with Crippen molar-refractivity contribution in [3.63, 3.8) is 0 Å². The molecule has 0 radical (unpaired) electrons. The number of hydrogen-bond donors (Lipinski definition) is 1. The third-order valence-corrected chi connectivity index (χ3v) is 6.82. The summed E-state index contributed by atoms with van der Waals surface area (Å²) in [5, 5.41) is 2.69. The Hall–Kier alpha value is -2.45. The summed E-state index contributed by atoms with van der Waals surface area (Å²) in [6, 6.07) is 10.0. The molecule has 1 aliphatic rings. The highest BCUT2D eigenvalue weighted by Gasteiger charge is 2.36. The molecule has 0 spiro atoms. The third kappa shape index (κ3) is 5.17. The molecule has 1 amide bonds.